The summed E-state index contributed by atoms with van der Waals surface area (Å²) in [5.41, 5.74) is 0. The van der Waals surface area contributed by atoms with Gasteiger partial charge in [-0.1, -0.05) is 22.6 Å². The van der Waals surface area contributed by atoms with Crippen molar-refractivity contribution in [1.29, 1.82) is 0 Å². The molecule has 0 aliphatic rings. The van der Waals surface area contributed by atoms with Gasteiger partial charge >= 0.3 is 23.1 Å². The van der Waals surface area contributed by atoms with Crippen LogP contribution in [0.3, 0.4) is 0 Å². The largest absolute Gasteiger partial charge is 2.00 e. The maximum Gasteiger partial charge on any atom is 2.00 e. The number of halogens is 2. The van der Waals surface area contributed by atoms with Gasteiger partial charge in [-0.3, -0.25) is 0 Å². The van der Waals surface area contributed by atoms with E-state index in [0.717, 1.165) is 0 Å². The fourth-order valence-corrected chi connectivity index (χ4v) is 0.342. The van der Waals surface area contributed by atoms with Gasteiger partial charge in [0.15, 0.2) is 0 Å². The average Bonchev–Trinajstić information content (AvgIpc) is 1.96. The Bertz CT molecular complexity index is 85.5. The Morgan fingerprint density at radius 3 is 1.50 bits per heavy atom. The van der Waals surface area contributed by atoms with Crippen LogP contribution in [0.4, 0.5) is 0 Å². The van der Waals surface area contributed by atoms with E-state index in [2.05, 4.69) is 28.7 Å². The van der Waals surface area contributed by atoms with Gasteiger partial charge in [-0.2, -0.15) is 36.4 Å². The minimum Gasteiger partial charge on any atom is -1.00 e. The van der Waals surface area contributed by atoms with Crippen molar-refractivity contribution < 1.29 is 17.0 Å². The molecule has 0 fully saturated rings. The van der Waals surface area contributed by atoms with Crippen LogP contribution >= 0.6 is 22.6 Å². The fraction of sp³-hybridized carbons (Fsp3) is 0.143. The average molecular weight is 323 g/mol. The molecule has 0 saturated heterocycles. The van der Waals surface area contributed by atoms with Crippen LogP contribution in [0.5, 0.6) is 0 Å². The zero-order valence-electron chi connectivity index (χ0n) is 5.85. The Labute approximate surface area is 103 Å². The van der Waals surface area contributed by atoms with Crippen LogP contribution < -0.4 is 17.0 Å². The van der Waals surface area contributed by atoms with Gasteiger partial charge in [0.05, 0.1) is 0 Å². The van der Waals surface area contributed by atoms with E-state index in [1.165, 1.54) is 0 Å². The molecule has 0 N–H and O–H groups in total. The molecule has 0 saturated carbocycles. The minimum atomic E-state index is 0. The van der Waals surface area contributed by atoms with Crippen LogP contribution in [-0.2, 0) is 0 Å². The number of hydrogen-bond acceptors (Lipinski definition) is 0. The third-order valence-electron chi connectivity index (χ3n) is 0.607. The van der Waals surface area contributed by atoms with E-state index in [0.29, 0.717) is 0 Å². The molecular weight excluding hydrogens is 315 g/mol. The quantitative estimate of drug-likeness (QED) is 0.253. The van der Waals surface area contributed by atoms with Gasteiger partial charge in [-0.15, -0.1) is 0 Å². The van der Waals surface area contributed by atoms with Crippen LogP contribution in [-0.4, -0.2) is 28.0 Å². The topological polar surface area (TPSA) is 0 Å². The zero-order valence-corrected chi connectivity index (χ0v) is 11.0. The van der Waals surface area contributed by atoms with Gasteiger partial charge in [0, 0.05) is 0 Å². The first kappa shape index (κ1) is 17.3. The molecule has 0 unspecified atom stereocenters. The van der Waals surface area contributed by atoms with Crippen LogP contribution in [0.1, 0.15) is 0 Å². The van der Waals surface area contributed by atoms with Gasteiger partial charge in [0.2, 0.25) is 0 Å². The molecule has 0 radical (unpaired) electrons. The maximum atomic E-state index is 2.89. The van der Waals surface area contributed by atoms with Crippen molar-refractivity contribution >= 4 is 45.6 Å². The smallest absolute Gasteiger partial charge is 1.00 e. The number of rotatable bonds is 0. The van der Waals surface area contributed by atoms with E-state index >= 15 is 0 Å². The van der Waals surface area contributed by atoms with Crippen LogP contribution in [0.15, 0.2) is 30.3 Å². The summed E-state index contributed by atoms with van der Waals surface area (Å²) in [6, 6.07) is 12.5. The monoisotopic (exact) mass is 322 g/mol. The molecule has 0 spiro atoms. The zero-order chi connectivity index (χ0) is 6.24. The molecule has 0 aromatic heterocycles. The molecule has 3 heteroatoms. The van der Waals surface area contributed by atoms with Crippen molar-refractivity contribution in [2.45, 2.75) is 0 Å². The van der Waals surface area contributed by atoms with Crippen LogP contribution in [0.25, 0.3) is 0 Å². The molecule has 0 aliphatic heterocycles. The Balaban J connectivity index is -0.000000114. The third kappa shape index (κ3) is 11.9. The summed E-state index contributed by atoms with van der Waals surface area (Å²) in [5.74, 6) is 0. The molecule has 0 bridgehead atoms. The van der Waals surface area contributed by atoms with Crippen molar-refractivity contribution in [3.05, 3.63) is 36.4 Å². The second kappa shape index (κ2) is 16.7. The SMILES string of the molecule is CI.[Br-].[Mg+2].[c-]1ccccc1. The molecule has 1 aromatic rings. The molecule has 0 aliphatic carbocycles. The van der Waals surface area contributed by atoms with Gasteiger partial charge in [-0.05, 0) is 4.93 Å². The van der Waals surface area contributed by atoms with Crippen molar-refractivity contribution in [3.63, 3.8) is 0 Å². The Hall–Kier alpha value is 1.20. The summed E-state index contributed by atoms with van der Waals surface area (Å²) >= 11 is 2.15. The van der Waals surface area contributed by atoms with Gasteiger partial charge < -0.3 is 17.0 Å². The Morgan fingerprint density at radius 1 is 1.00 bits per heavy atom. The summed E-state index contributed by atoms with van der Waals surface area (Å²) < 4.78 is 0. The predicted molar refractivity (Wildman–Crippen MR) is 51.0 cm³/mol. The maximum absolute atomic E-state index is 2.89. The predicted octanol–water partition coefficient (Wildman–Crippen LogP) is -0.839. The number of benzene rings is 1. The fourth-order valence-electron chi connectivity index (χ4n) is 0.342. The molecule has 10 heavy (non-hydrogen) atoms. The molecular formula is C7H8BrIMg. The molecule has 1 aromatic carbocycles. The van der Waals surface area contributed by atoms with E-state index in [9.17, 15) is 0 Å². The minimum absolute atomic E-state index is 0. The van der Waals surface area contributed by atoms with Gasteiger partial charge in [0.1, 0.15) is 0 Å². The van der Waals surface area contributed by atoms with Crippen molar-refractivity contribution in [2.75, 3.05) is 4.93 Å². The van der Waals surface area contributed by atoms with Gasteiger partial charge in [0.25, 0.3) is 0 Å². The summed E-state index contributed by atoms with van der Waals surface area (Å²) in [7, 11) is 0. The summed E-state index contributed by atoms with van der Waals surface area (Å²) in [4.78, 5) is 1.97. The first-order chi connectivity index (χ1) is 4.00. The molecule has 0 nitrogen and oxygen atoms in total. The first-order valence-corrected chi connectivity index (χ1v) is 4.45. The summed E-state index contributed by atoms with van der Waals surface area (Å²) in [6.07, 6.45) is 0. The van der Waals surface area contributed by atoms with E-state index in [4.69, 9.17) is 0 Å². The summed E-state index contributed by atoms with van der Waals surface area (Å²) in [5, 5.41) is 0. The van der Waals surface area contributed by atoms with Crippen LogP contribution in [0, 0.1) is 6.07 Å². The van der Waals surface area contributed by atoms with E-state index in [1.54, 1.807) is 0 Å². The van der Waals surface area contributed by atoms with Crippen molar-refractivity contribution in [1.82, 2.24) is 0 Å². The second-order valence-corrected chi connectivity index (χ2v) is 1.08. The van der Waals surface area contributed by atoms with Crippen molar-refractivity contribution in [3.8, 4) is 0 Å². The molecule has 0 atom stereocenters. The third-order valence-corrected chi connectivity index (χ3v) is 0.607. The number of hydrogen-bond donors (Lipinski definition) is 0. The molecule has 0 amide bonds. The van der Waals surface area contributed by atoms with Crippen LogP contribution in [0.2, 0.25) is 0 Å². The molecule has 0 heterocycles. The standard InChI is InChI=1S/C6H5.CH3I.BrH.Mg/c1-2-4-6-5-3-1;1-2;;/h1-5H;1H3;1H;/q-1;;;+2/p-1. The Morgan fingerprint density at radius 2 is 1.40 bits per heavy atom. The second-order valence-electron chi connectivity index (χ2n) is 1.08. The van der Waals surface area contributed by atoms with E-state index in [1.807, 2.05) is 35.3 Å². The normalized spacial score (nSPS) is 5.40. The number of alkyl halides is 1. The molecule has 1 rings (SSSR count). The first-order valence-electron chi connectivity index (χ1n) is 2.29. The van der Waals surface area contributed by atoms with E-state index in [-0.39, 0.29) is 40.0 Å². The molecule has 52 valence electrons. The van der Waals surface area contributed by atoms with Crippen molar-refractivity contribution in [2.24, 2.45) is 0 Å². The Kier molecular flexibility index (Phi) is 28.9. The van der Waals surface area contributed by atoms with E-state index < -0.39 is 0 Å². The van der Waals surface area contributed by atoms with Gasteiger partial charge in [-0.25, -0.2) is 0 Å². The summed E-state index contributed by atoms with van der Waals surface area (Å²) in [6.45, 7) is 0.